The molecule has 1 atom stereocenters. The molecule has 0 saturated carbocycles. The standard InChI is InChI=1S/C13H21N3O2/c1-4-7-14-13(10(2)3)8-11-5-6-12(9-15-11)16(17)18/h5-6,9-10,13-14H,4,7-8H2,1-3H3. The van der Waals surface area contributed by atoms with Crippen LogP contribution in [0.25, 0.3) is 0 Å². The Morgan fingerprint density at radius 2 is 2.17 bits per heavy atom. The van der Waals surface area contributed by atoms with Gasteiger partial charge in [-0.25, -0.2) is 0 Å². The summed E-state index contributed by atoms with van der Waals surface area (Å²) in [5.74, 6) is 0.508. The van der Waals surface area contributed by atoms with Crippen molar-refractivity contribution in [2.45, 2.75) is 39.7 Å². The monoisotopic (exact) mass is 251 g/mol. The fraction of sp³-hybridized carbons (Fsp3) is 0.615. The van der Waals surface area contributed by atoms with Gasteiger partial charge in [-0.2, -0.15) is 0 Å². The molecule has 1 unspecified atom stereocenters. The summed E-state index contributed by atoms with van der Waals surface area (Å²) in [6.07, 6.45) is 3.22. The van der Waals surface area contributed by atoms with Crippen molar-refractivity contribution in [3.63, 3.8) is 0 Å². The third kappa shape index (κ3) is 4.41. The van der Waals surface area contributed by atoms with Gasteiger partial charge in [-0.05, 0) is 24.9 Å². The summed E-state index contributed by atoms with van der Waals surface area (Å²) in [5.41, 5.74) is 0.935. The molecule has 0 aliphatic carbocycles. The number of pyridine rings is 1. The van der Waals surface area contributed by atoms with Crippen molar-refractivity contribution in [1.29, 1.82) is 0 Å². The molecule has 0 bridgehead atoms. The van der Waals surface area contributed by atoms with E-state index < -0.39 is 4.92 Å². The first-order valence-corrected chi connectivity index (χ1v) is 6.37. The van der Waals surface area contributed by atoms with Crippen molar-refractivity contribution in [1.82, 2.24) is 10.3 Å². The Morgan fingerprint density at radius 3 is 2.61 bits per heavy atom. The summed E-state index contributed by atoms with van der Waals surface area (Å²) in [6, 6.07) is 3.61. The number of hydrogen-bond donors (Lipinski definition) is 1. The average molecular weight is 251 g/mol. The number of nitrogens with zero attached hydrogens (tertiary/aromatic N) is 2. The third-order valence-corrected chi connectivity index (χ3v) is 2.91. The van der Waals surface area contributed by atoms with E-state index in [4.69, 9.17) is 0 Å². The van der Waals surface area contributed by atoms with E-state index in [2.05, 4.69) is 31.1 Å². The van der Waals surface area contributed by atoms with E-state index in [1.807, 2.05) is 0 Å². The van der Waals surface area contributed by atoms with E-state index in [1.165, 1.54) is 12.3 Å². The van der Waals surface area contributed by atoms with Crippen molar-refractivity contribution in [2.24, 2.45) is 5.92 Å². The van der Waals surface area contributed by atoms with Crippen LogP contribution in [0, 0.1) is 16.0 Å². The minimum absolute atomic E-state index is 0.0429. The Bertz CT molecular complexity index is 376. The highest BCUT2D eigenvalue weighted by Crippen LogP contribution is 2.12. The second-order valence-corrected chi connectivity index (χ2v) is 4.77. The fourth-order valence-electron chi connectivity index (χ4n) is 1.74. The summed E-state index contributed by atoms with van der Waals surface area (Å²) in [7, 11) is 0. The maximum absolute atomic E-state index is 10.5. The van der Waals surface area contributed by atoms with Crippen LogP contribution < -0.4 is 5.32 Å². The highest BCUT2D eigenvalue weighted by Gasteiger charge is 2.14. The lowest BCUT2D eigenvalue weighted by Crippen LogP contribution is -2.36. The SMILES string of the molecule is CCCNC(Cc1ccc([N+](=O)[O-])cn1)C(C)C. The van der Waals surface area contributed by atoms with Crippen molar-refractivity contribution in [2.75, 3.05) is 6.54 Å². The smallest absolute Gasteiger partial charge is 0.287 e. The molecule has 0 saturated heterocycles. The lowest BCUT2D eigenvalue weighted by atomic mass is 9.99. The molecule has 0 radical (unpaired) electrons. The summed E-state index contributed by atoms with van der Waals surface area (Å²) >= 11 is 0. The minimum atomic E-state index is -0.425. The Kier molecular flexibility index (Phi) is 5.71. The molecular weight excluding hydrogens is 230 g/mol. The number of nitro groups is 1. The maximum Gasteiger partial charge on any atom is 0.287 e. The topological polar surface area (TPSA) is 68.1 Å². The van der Waals surface area contributed by atoms with Crippen molar-refractivity contribution < 1.29 is 4.92 Å². The highest BCUT2D eigenvalue weighted by atomic mass is 16.6. The van der Waals surface area contributed by atoms with Crippen LogP contribution in [0.1, 0.15) is 32.9 Å². The molecule has 5 nitrogen and oxygen atoms in total. The average Bonchev–Trinajstić information content (AvgIpc) is 2.34. The summed E-state index contributed by atoms with van der Waals surface area (Å²) in [5, 5.41) is 14.0. The van der Waals surface area contributed by atoms with Gasteiger partial charge in [0.2, 0.25) is 0 Å². The van der Waals surface area contributed by atoms with Gasteiger partial charge in [-0.1, -0.05) is 20.8 Å². The normalized spacial score (nSPS) is 12.7. The van der Waals surface area contributed by atoms with Gasteiger partial charge in [0.25, 0.3) is 5.69 Å². The molecule has 1 aromatic heterocycles. The van der Waals surface area contributed by atoms with Crippen LogP contribution in [0.4, 0.5) is 5.69 Å². The maximum atomic E-state index is 10.5. The van der Waals surface area contributed by atoms with Crippen LogP contribution in [0.2, 0.25) is 0 Å². The van der Waals surface area contributed by atoms with Crippen LogP contribution >= 0.6 is 0 Å². The number of nitrogens with one attached hydrogen (secondary N) is 1. The van der Waals surface area contributed by atoms with E-state index in [0.717, 1.165) is 25.1 Å². The summed E-state index contributed by atoms with van der Waals surface area (Å²) in [4.78, 5) is 14.3. The second kappa shape index (κ2) is 7.06. The van der Waals surface area contributed by atoms with E-state index in [0.29, 0.717) is 12.0 Å². The van der Waals surface area contributed by atoms with Crippen LogP contribution in [0.15, 0.2) is 18.3 Å². The number of hydrogen-bond acceptors (Lipinski definition) is 4. The molecule has 100 valence electrons. The van der Waals surface area contributed by atoms with Crippen molar-refractivity contribution in [3.05, 3.63) is 34.1 Å². The predicted octanol–water partition coefficient (Wildman–Crippen LogP) is 2.56. The van der Waals surface area contributed by atoms with Gasteiger partial charge in [0.05, 0.1) is 4.92 Å². The first-order valence-electron chi connectivity index (χ1n) is 6.37. The van der Waals surface area contributed by atoms with Crippen LogP contribution in [-0.2, 0) is 6.42 Å². The molecule has 0 amide bonds. The van der Waals surface area contributed by atoms with Gasteiger partial charge < -0.3 is 5.32 Å². The third-order valence-electron chi connectivity index (χ3n) is 2.91. The Labute approximate surface area is 108 Å². The first-order chi connectivity index (χ1) is 8.54. The molecule has 1 N–H and O–H groups in total. The molecule has 0 aromatic carbocycles. The lowest BCUT2D eigenvalue weighted by Gasteiger charge is -2.21. The van der Waals surface area contributed by atoms with Crippen LogP contribution in [0.5, 0.6) is 0 Å². The fourth-order valence-corrected chi connectivity index (χ4v) is 1.74. The van der Waals surface area contributed by atoms with E-state index in [9.17, 15) is 10.1 Å². The zero-order chi connectivity index (χ0) is 13.5. The minimum Gasteiger partial charge on any atom is -0.313 e. The summed E-state index contributed by atoms with van der Waals surface area (Å²) < 4.78 is 0. The van der Waals surface area contributed by atoms with E-state index in [-0.39, 0.29) is 5.69 Å². The Hall–Kier alpha value is -1.49. The van der Waals surface area contributed by atoms with Gasteiger partial charge >= 0.3 is 0 Å². The van der Waals surface area contributed by atoms with Gasteiger partial charge in [0.1, 0.15) is 6.20 Å². The van der Waals surface area contributed by atoms with Gasteiger partial charge in [-0.15, -0.1) is 0 Å². The number of rotatable bonds is 7. The highest BCUT2D eigenvalue weighted by molar-refractivity contribution is 5.27. The molecule has 0 fully saturated rings. The molecule has 5 heteroatoms. The van der Waals surface area contributed by atoms with E-state index >= 15 is 0 Å². The molecule has 0 aliphatic heterocycles. The molecule has 0 spiro atoms. The Balaban J connectivity index is 2.65. The molecule has 1 rings (SSSR count). The van der Waals surface area contributed by atoms with Gasteiger partial charge in [-0.3, -0.25) is 15.1 Å². The first kappa shape index (κ1) is 14.6. The predicted molar refractivity (Wildman–Crippen MR) is 71.5 cm³/mol. The zero-order valence-corrected chi connectivity index (χ0v) is 11.2. The second-order valence-electron chi connectivity index (χ2n) is 4.77. The van der Waals surface area contributed by atoms with Gasteiger partial charge in [0, 0.05) is 24.2 Å². The molecule has 18 heavy (non-hydrogen) atoms. The van der Waals surface area contributed by atoms with Crippen LogP contribution in [0.3, 0.4) is 0 Å². The molecule has 1 aromatic rings. The molecule has 1 heterocycles. The summed E-state index contributed by atoms with van der Waals surface area (Å²) in [6.45, 7) is 7.45. The lowest BCUT2D eigenvalue weighted by molar-refractivity contribution is -0.385. The van der Waals surface area contributed by atoms with Gasteiger partial charge in [0.15, 0.2) is 0 Å². The number of aromatic nitrogens is 1. The molecule has 0 aliphatic rings. The van der Waals surface area contributed by atoms with Crippen molar-refractivity contribution in [3.8, 4) is 0 Å². The quantitative estimate of drug-likeness (QED) is 0.597. The zero-order valence-electron chi connectivity index (χ0n) is 11.2. The van der Waals surface area contributed by atoms with E-state index in [1.54, 1.807) is 6.07 Å². The largest absolute Gasteiger partial charge is 0.313 e. The van der Waals surface area contributed by atoms with Crippen molar-refractivity contribution >= 4 is 5.69 Å². The molecular formula is C13H21N3O2. The van der Waals surface area contributed by atoms with Crippen LogP contribution in [-0.4, -0.2) is 22.5 Å². The Morgan fingerprint density at radius 1 is 1.44 bits per heavy atom.